The molecule has 1 amide bonds. The minimum absolute atomic E-state index is 0.173. The summed E-state index contributed by atoms with van der Waals surface area (Å²) in [5, 5.41) is 6.25. The van der Waals surface area contributed by atoms with Gasteiger partial charge in [-0.3, -0.25) is 19.5 Å². The first-order valence-electron chi connectivity index (χ1n) is 10.1. The second-order valence-corrected chi connectivity index (χ2v) is 8.16. The second-order valence-electron chi connectivity index (χ2n) is 7.36. The number of nitrogens with zero attached hydrogens (tertiary/aromatic N) is 5. The molecule has 0 aromatic carbocycles. The Morgan fingerprint density at radius 2 is 2.06 bits per heavy atom. The van der Waals surface area contributed by atoms with Crippen molar-refractivity contribution < 1.29 is 9.18 Å². The molecule has 168 valence electrons. The van der Waals surface area contributed by atoms with E-state index in [1.807, 2.05) is 19.1 Å². The average Bonchev–Trinajstić information content (AvgIpc) is 3.23. The lowest BCUT2D eigenvalue weighted by molar-refractivity contribution is 0.0958. The van der Waals surface area contributed by atoms with E-state index in [1.54, 1.807) is 13.1 Å². The van der Waals surface area contributed by atoms with E-state index < -0.39 is 11.4 Å². The summed E-state index contributed by atoms with van der Waals surface area (Å²) in [5.41, 5.74) is 2.38. The largest absolute Gasteiger partial charge is 0.368 e. The van der Waals surface area contributed by atoms with Crippen LogP contribution in [0.4, 0.5) is 21.0 Å². The molecular weight excluding hydrogens is 435 g/mol. The molecule has 0 radical (unpaired) electrons. The second kappa shape index (κ2) is 9.40. The standard InChI is InChI=1S/C20H23FN8O2S/c1-12-16(4-3-15(24-12)19(31)22-2)29-7-5-28(6-8-29)11-13-9-17(32-27-13)25-20-23-10-14(21)18(30)26-20/h3-4,9-10H,5-8,11H2,1-2H3,(H,22,31)(H2,23,25,26,30). The van der Waals surface area contributed by atoms with Crippen molar-refractivity contribution in [3.05, 3.63) is 57.6 Å². The predicted molar refractivity (Wildman–Crippen MR) is 120 cm³/mol. The van der Waals surface area contributed by atoms with E-state index in [2.05, 4.69) is 39.8 Å². The van der Waals surface area contributed by atoms with Crippen LogP contribution in [0.3, 0.4) is 0 Å². The van der Waals surface area contributed by atoms with Crippen LogP contribution in [0.5, 0.6) is 0 Å². The van der Waals surface area contributed by atoms with Gasteiger partial charge in [-0.05, 0) is 36.7 Å². The maximum atomic E-state index is 13.1. The molecule has 1 aliphatic heterocycles. The smallest absolute Gasteiger partial charge is 0.288 e. The van der Waals surface area contributed by atoms with Crippen molar-refractivity contribution >= 4 is 34.1 Å². The van der Waals surface area contributed by atoms with Crippen LogP contribution in [-0.2, 0) is 6.54 Å². The van der Waals surface area contributed by atoms with E-state index in [0.29, 0.717) is 17.2 Å². The van der Waals surface area contributed by atoms with Crippen LogP contribution in [-0.4, -0.2) is 63.4 Å². The summed E-state index contributed by atoms with van der Waals surface area (Å²) in [7, 11) is 1.59. The van der Waals surface area contributed by atoms with Gasteiger partial charge in [0, 0.05) is 39.8 Å². The van der Waals surface area contributed by atoms with Gasteiger partial charge in [-0.1, -0.05) is 0 Å². The molecule has 1 aliphatic rings. The number of carbonyl (C=O) groups is 1. The number of pyridine rings is 1. The highest BCUT2D eigenvalue weighted by molar-refractivity contribution is 7.10. The first-order valence-corrected chi connectivity index (χ1v) is 10.8. The highest BCUT2D eigenvalue weighted by atomic mass is 32.1. The lowest BCUT2D eigenvalue weighted by atomic mass is 10.2. The molecule has 4 rings (SSSR count). The summed E-state index contributed by atoms with van der Waals surface area (Å²) in [6.45, 7) is 6.04. The zero-order chi connectivity index (χ0) is 22.7. The van der Waals surface area contributed by atoms with Crippen LogP contribution in [0.2, 0.25) is 0 Å². The molecule has 10 nitrogen and oxygen atoms in total. The Kier molecular flexibility index (Phi) is 6.42. The van der Waals surface area contributed by atoms with Gasteiger partial charge in [0.05, 0.1) is 23.3 Å². The number of carbonyl (C=O) groups excluding carboxylic acids is 1. The minimum Gasteiger partial charge on any atom is -0.368 e. The van der Waals surface area contributed by atoms with Crippen molar-refractivity contribution in [1.29, 1.82) is 0 Å². The number of amides is 1. The summed E-state index contributed by atoms with van der Waals surface area (Å²) in [4.78, 5) is 38.3. The molecule has 3 aromatic heterocycles. The minimum atomic E-state index is -0.923. The number of aryl methyl sites for hydroxylation is 1. The van der Waals surface area contributed by atoms with Gasteiger partial charge >= 0.3 is 0 Å². The van der Waals surface area contributed by atoms with Crippen molar-refractivity contribution in [2.45, 2.75) is 13.5 Å². The molecule has 1 fully saturated rings. The highest BCUT2D eigenvalue weighted by Crippen LogP contribution is 2.23. The normalized spacial score (nSPS) is 14.4. The van der Waals surface area contributed by atoms with Crippen molar-refractivity contribution in [3.8, 4) is 0 Å². The van der Waals surface area contributed by atoms with Gasteiger partial charge in [0.25, 0.3) is 11.5 Å². The third-order valence-corrected chi connectivity index (χ3v) is 5.92. The summed E-state index contributed by atoms with van der Waals surface area (Å²) in [5.74, 6) is -0.942. The van der Waals surface area contributed by atoms with Gasteiger partial charge < -0.3 is 15.5 Å². The quantitative estimate of drug-likeness (QED) is 0.508. The summed E-state index contributed by atoms with van der Waals surface area (Å²) in [6.07, 6.45) is 0.881. The number of aromatic nitrogens is 4. The molecule has 32 heavy (non-hydrogen) atoms. The molecular formula is C20H23FN8O2S. The Morgan fingerprint density at radius 1 is 1.28 bits per heavy atom. The molecule has 1 saturated heterocycles. The maximum absolute atomic E-state index is 13.1. The van der Waals surface area contributed by atoms with Crippen molar-refractivity contribution in [3.63, 3.8) is 0 Å². The fourth-order valence-electron chi connectivity index (χ4n) is 3.52. The Bertz CT molecular complexity index is 1170. The third kappa shape index (κ3) is 4.92. The monoisotopic (exact) mass is 458 g/mol. The summed E-state index contributed by atoms with van der Waals surface area (Å²) in [6, 6.07) is 5.60. The van der Waals surface area contributed by atoms with Crippen molar-refractivity contribution in [2.24, 2.45) is 0 Å². The number of halogens is 1. The van der Waals surface area contributed by atoms with Gasteiger partial charge in [0.2, 0.25) is 11.8 Å². The molecule has 3 N–H and O–H groups in total. The number of nitrogens with one attached hydrogen (secondary N) is 3. The predicted octanol–water partition coefficient (Wildman–Crippen LogP) is 1.49. The lowest BCUT2D eigenvalue weighted by Gasteiger charge is -2.36. The molecule has 0 spiro atoms. The van der Waals surface area contributed by atoms with Gasteiger partial charge in [0.1, 0.15) is 10.7 Å². The molecule has 0 bridgehead atoms. The molecule has 0 atom stereocenters. The topological polar surface area (TPSA) is 119 Å². The van der Waals surface area contributed by atoms with E-state index in [1.165, 1.54) is 11.5 Å². The van der Waals surface area contributed by atoms with E-state index in [-0.39, 0.29) is 11.9 Å². The number of hydrogen-bond donors (Lipinski definition) is 3. The van der Waals surface area contributed by atoms with Gasteiger partial charge in [-0.15, -0.1) is 0 Å². The van der Waals surface area contributed by atoms with E-state index in [9.17, 15) is 14.0 Å². The van der Waals surface area contributed by atoms with Crippen molar-refractivity contribution in [1.82, 2.24) is 29.5 Å². The first-order chi connectivity index (χ1) is 15.4. The fourth-order valence-corrected chi connectivity index (χ4v) is 4.18. The third-order valence-electron chi connectivity index (χ3n) is 5.17. The van der Waals surface area contributed by atoms with Crippen LogP contribution in [0, 0.1) is 12.7 Å². The van der Waals surface area contributed by atoms with Crippen LogP contribution in [0.1, 0.15) is 21.9 Å². The number of H-pyrrole nitrogens is 1. The number of anilines is 3. The molecule has 12 heteroatoms. The molecule has 0 unspecified atom stereocenters. The number of hydrogen-bond acceptors (Lipinski definition) is 9. The molecule has 3 aromatic rings. The van der Waals surface area contributed by atoms with Gasteiger partial charge in [0.15, 0.2) is 0 Å². The Hall–Kier alpha value is -3.38. The number of rotatable bonds is 6. The van der Waals surface area contributed by atoms with Crippen molar-refractivity contribution in [2.75, 3.05) is 43.4 Å². The van der Waals surface area contributed by atoms with E-state index in [4.69, 9.17) is 0 Å². The Balaban J connectivity index is 1.32. The summed E-state index contributed by atoms with van der Waals surface area (Å²) < 4.78 is 17.5. The van der Waals surface area contributed by atoms with Crippen LogP contribution < -0.4 is 21.1 Å². The zero-order valence-electron chi connectivity index (χ0n) is 17.7. The van der Waals surface area contributed by atoms with Gasteiger partial charge in [-0.2, -0.15) is 8.76 Å². The summed E-state index contributed by atoms with van der Waals surface area (Å²) >= 11 is 1.25. The van der Waals surface area contributed by atoms with E-state index >= 15 is 0 Å². The average molecular weight is 459 g/mol. The maximum Gasteiger partial charge on any atom is 0.288 e. The first kappa shape index (κ1) is 21.8. The van der Waals surface area contributed by atoms with Crippen LogP contribution in [0.25, 0.3) is 0 Å². The fraction of sp³-hybridized carbons (Fsp3) is 0.350. The Morgan fingerprint density at radius 3 is 2.75 bits per heavy atom. The van der Waals surface area contributed by atoms with E-state index in [0.717, 1.165) is 49.5 Å². The zero-order valence-corrected chi connectivity index (χ0v) is 18.5. The molecule has 4 heterocycles. The van der Waals surface area contributed by atoms with Gasteiger partial charge in [-0.25, -0.2) is 9.97 Å². The number of piperazine rings is 1. The molecule has 0 saturated carbocycles. The lowest BCUT2D eigenvalue weighted by Crippen LogP contribution is -2.46. The van der Waals surface area contributed by atoms with Crippen LogP contribution in [0.15, 0.2) is 29.2 Å². The van der Waals surface area contributed by atoms with Crippen LogP contribution >= 0.6 is 11.5 Å². The Labute approximate surface area is 187 Å². The number of aromatic amines is 1. The SMILES string of the molecule is CNC(=O)c1ccc(N2CCN(Cc3cc(Nc4ncc(F)c(=O)[nH]4)sn3)CC2)c(C)n1. The highest BCUT2D eigenvalue weighted by Gasteiger charge is 2.20. The molecule has 0 aliphatic carbocycles.